The molecule has 2 N–H and O–H groups in total. The van der Waals surface area contributed by atoms with Crippen LogP contribution in [0.3, 0.4) is 0 Å². The van der Waals surface area contributed by atoms with Crippen LogP contribution >= 0.6 is 11.6 Å². The van der Waals surface area contributed by atoms with Crippen LogP contribution in [-0.4, -0.2) is 41.5 Å². The van der Waals surface area contributed by atoms with Crippen molar-refractivity contribution in [2.45, 2.75) is 26.4 Å². The topological polar surface area (TPSA) is 57.3 Å². The Kier molecular flexibility index (Phi) is 4.61. The van der Waals surface area contributed by atoms with Gasteiger partial charge in [0, 0.05) is 26.2 Å². The van der Waals surface area contributed by atoms with Crippen LogP contribution in [-0.2, 0) is 11.3 Å². The summed E-state index contributed by atoms with van der Waals surface area (Å²) in [6.07, 6.45) is 0. The molecule has 1 saturated heterocycles. The van der Waals surface area contributed by atoms with Crippen LogP contribution in [0.25, 0.3) is 0 Å². The van der Waals surface area contributed by atoms with Crippen molar-refractivity contribution in [2.24, 2.45) is 0 Å². The predicted octanol–water partition coefficient (Wildman–Crippen LogP) is 1.49. The van der Waals surface area contributed by atoms with E-state index >= 15 is 0 Å². The molecule has 1 amide bonds. The normalized spacial score (nSPS) is 20.2. The summed E-state index contributed by atoms with van der Waals surface area (Å²) in [7, 11) is 0. The zero-order valence-electron chi connectivity index (χ0n) is 11.2. The minimum Gasteiger partial charge on any atom is -0.370 e. The molecule has 19 heavy (non-hydrogen) atoms. The van der Waals surface area contributed by atoms with E-state index < -0.39 is 0 Å². The number of piperazine rings is 1. The first-order valence-electron chi connectivity index (χ1n) is 6.53. The van der Waals surface area contributed by atoms with Crippen LogP contribution in [0, 0.1) is 0 Å². The number of hydrogen-bond donors (Lipinski definition) is 2. The highest BCUT2D eigenvalue weighted by atomic mass is 35.5. The maximum atomic E-state index is 11.6. The van der Waals surface area contributed by atoms with E-state index in [9.17, 15) is 4.79 Å². The maximum absolute atomic E-state index is 11.6. The average Bonchev–Trinajstić information content (AvgIpc) is 2.39. The molecule has 0 aliphatic carbocycles. The lowest BCUT2D eigenvalue weighted by molar-refractivity contribution is -0.128. The highest BCUT2D eigenvalue weighted by Crippen LogP contribution is 2.20. The van der Waals surface area contributed by atoms with E-state index in [1.807, 2.05) is 26.0 Å². The van der Waals surface area contributed by atoms with Gasteiger partial charge in [-0.25, -0.2) is 4.98 Å². The number of aromatic nitrogens is 1. The number of hydrogen-bond acceptors (Lipinski definition) is 4. The van der Waals surface area contributed by atoms with Gasteiger partial charge in [-0.3, -0.25) is 9.69 Å². The van der Waals surface area contributed by atoms with Gasteiger partial charge in [0.25, 0.3) is 0 Å². The van der Waals surface area contributed by atoms with E-state index in [2.05, 4.69) is 20.5 Å². The third-order valence-electron chi connectivity index (χ3n) is 3.25. The number of halogens is 1. The summed E-state index contributed by atoms with van der Waals surface area (Å²) in [4.78, 5) is 18.2. The van der Waals surface area contributed by atoms with E-state index in [4.69, 9.17) is 11.6 Å². The Morgan fingerprint density at radius 3 is 3.11 bits per heavy atom. The molecule has 1 atom stereocenters. The minimum atomic E-state index is -0.144. The smallest absolute Gasteiger partial charge is 0.237 e. The number of amides is 1. The SMILES string of the molecule is CCNc1ccc(Cl)c(CN2CCNC(=O)C2C)n1. The maximum Gasteiger partial charge on any atom is 0.237 e. The van der Waals surface area contributed by atoms with Crippen molar-refractivity contribution in [1.82, 2.24) is 15.2 Å². The molecule has 0 radical (unpaired) electrons. The lowest BCUT2D eigenvalue weighted by Gasteiger charge is -2.32. The van der Waals surface area contributed by atoms with Crippen molar-refractivity contribution in [2.75, 3.05) is 25.0 Å². The Morgan fingerprint density at radius 2 is 2.37 bits per heavy atom. The number of nitrogens with one attached hydrogen (secondary N) is 2. The molecule has 0 spiro atoms. The van der Waals surface area contributed by atoms with Gasteiger partial charge in [-0.1, -0.05) is 11.6 Å². The first-order chi connectivity index (χ1) is 9.11. The fourth-order valence-corrected chi connectivity index (χ4v) is 2.28. The number of carbonyl (C=O) groups excluding carboxylic acids is 1. The van der Waals surface area contributed by atoms with Gasteiger partial charge in [0.2, 0.25) is 5.91 Å². The number of carbonyl (C=O) groups is 1. The Bertz CT molecular complexity index is 466. The molecule has 6 heteroatoms. The third-order valence-corrected chi connectivity index (χ3v) is 3.60. The number of pyridine rings is 1. The molecule has 1 aromatic rings. The molecule has 1 aromatic heterocycles. The fourth-order valence-electron chi connectivity index (χ4n) is 2.11. The first-order valence-corrected chi connectivity index (χ1v) is 6.90. The van der Waals surface area contributed by atoms with E-state index in [0.717, 1.165) is 24.6 Å². The Balaban J connectivity index is 2.13. The van der Waals surface area contributed by atoms with Crippen molar-refractivity contribution in [3.63, 3.8) is 0 Å². The van der Waals surface area contributed by atoms with E-state index in [0.29, 0.717) is 18.1 Å². The van der Waals surface area contributed by atoms with Crippen molar-refractivity contribution >= 4 is 23.3 Å². The summed E-state index contributed by atoms with van der Waals surface area (Å²) in [5.74, 6) is 0.876. The molecule has 104 valence electrons. The van der Waals surface area contributed by atoms with Crippen molar-refractivity contribution in [3.05, 3.63) is 22.8 Å². The second-order valence-electron chi connectivity index (χ2n) is 4.59. The molecule has 5 nitrogen and oxygen atoms in total. The van der Waals surface area contributed by atoms with Gasteiger partial charge >= 0.3 is 0 Å². The van der Waals surface area contributed by atoms with Gasteiger partial charge in [-0.2, -0.15) is 0 Å². The minimum absolute atomic E-state index is 0.0604. The van der Waals surface area contributed by atoms with Crippen molar-refractivity contribution in [3.8, 4) is 0 Å². The summed E-state index contributed by atoms with van der Waals surface area (Å²) in [5, 5.41) is 6.65. The third kappa shape index (κ3) is 3.36. The summed E-state index contributed by atoms with van der Waals surface area (Å²) >= 11 is 6.18. The Hall–Kier alpha value is -1.33. The number of nitrogens with zero attached hydrogens (tertiary/aromatic N) is 2. The predicted molar refractivity (Wildman–Crippen MR) is 76.3 cm³/mol. The number of anilines is 1. The van der Waals surface area contributed by atoms with Crippen molar-refractivity contribution in [1.29, 1.82) is 0 Å². The summed E-state index contributed by atoms with van der Waals surface area (Å²) in [5.41, 5.74) is 0.807. The monoisotopic (exact) mass is 282 g/mol. The summed E-state index contributed by atoms with van der Waals surface area (Å²) in [6.45, 7) is 6.82. The lowest BCUT2D eigenvalue weighted by atomic mass is 10.2. The molecule has 0 bridgehead atoms. The summed E-state index contributed by atoms with van der Waals surface area (Å²) < 4.78 is 0. The van der Waals surface area contributed by atoms with Crippen LogP contribution in [0.15, 0.2) is 12.1 Å². The quantitative estimate of drug-likeness (QED) is 0.878. The van der Waals surface area contributed by atoms with Gasteiger partial charge in [0.1, 0.15) is 5.82 Å². The molecule has 1 fully saturated rings. The average molecular weight is 283 g/mol. The van der Waals surface area contributed by atoms with Crippen LogP contribution < -0.4 is 10.6 Å². The van der Waals surface area contributed by atoms with Crippen LogP contribution in [0.5, 0.6) is 0 Å². The number of rotatable bonds is 4. The summed E-state index contributed by atoms with van der Waals surface area (Å²) in [6, 6.07) is 3.56. The van der Waals surface area contributed by atoms with Crippen molar-refractivity contribution < 1.29 is 4.79 Å². The molecule has 1 aliphatic heterocycles. The molecule has 1 aliphatic rings. The van der Waals surface area contributed by atoms with Gasteiger partial charge in [0.15, 0.2) is 0 Å². The first kappa shape index (κ1) is 14.1. The molecule has 2 rings (SSSR count). The van der Waals surface area contributed by atoms with E-state index in [1.54, 1.807) is 0 Å². The highest BCUT2D eigenvalue weighted by molar-refractivity contribution is 6.31. The Labute approximate surface area is 118 Å². The zero-order chi connectivity index (χ0) is 13.8. The van der Waals surface area contributed by atoms with Gasteiger partial charge < -0.3 is 10.6 Å². The molecular formula is C13H19ClN4O. The zero-order valence-corrected chi connectivity index (χ0v) is 12.0. The molecule has 2 heterocycles. The fraction of sp³-hybridized carbons (Fsp3) is 0.538. The second-order valence-corrected chi connectivity index (χ2v) is 5.00. The van der Waals surface area contributed by atoms with E-state index in [-0.39, 0.29) is 11.9 Å². The molecule has 0 saturated carbocycles. The lowest BCUT2D eigenvalue weighted by Crippen LogP contribution is -2.53. The molecular weight excluding hydrogens is 264 g/mol. The highest BCUT2D eigenvalue weighted by Gasteiger charge is 2.26. The van der Waals surface area contributed by atoms with Crippen LogP contribution in [0.2, 0.25) is 5.02 Å². The largest absolute Gasteiger partial charge is 0.370 e. The molecule has 0 aromatic carbocycles. The Morgan fingerprint density at radius 1 is 1.58 bits per heavy atom. The van der Waals surface area contributed by atoms with Gasteiger partial charge in [0.05, 0.1) is 16.8 Å². The molecule has 1 unspecified atom stereocenters. The standard InChI is InChI=1S/C13H19ClN4O/c1-3-15-12-5-4-10(14)11(17-12)8-18-7-6-16-13(19)9(18)2/h4-5,9H,3,6-8H2,1-2H3,(H,15,17)(H,16,19). The van der Waals surface area contributed by atoms with Crippen LogP contribution in [0.4, 0.5) is 5.82 Å². The van der Waals surface area contributed by atoms with E-state index in [1.165, 1.54) is 0 Å². The second kappa shape index (κ2) is 6.21. The van der Waals surface area contributed by atoms with Gasteiger partial charge in [-0.05, 0) is 26.0 Å². The van der Waals surface area contributed by atoms with Gasteiger partial charge in [-0.15, -0.1) is 0 Å². The van der Waals surface area contributed by atoms with Crippen LogP contribution in [0.1, 0.15) is 19.5 Å².